The second kappa shape index (κ2) is 4.84. The highest BCUT2D eigenvalue weighted by molar-refractivity contribution is 7.11. The molecule has 18 heavy (non-hydrogen) atoms. The van der Waals surface area contributed by atoms with Gasteiger partial charge in [-0.15, -0.1) is 11.3 Å². The molecule has 1 heterocycles. The standard InChI is InChI=1S/C11H8N2O4S/c14-8-2-1-6(11(16)17)3-7(8)13-10(15)9-4-12-5-18-9/h1-5,14H,(H,13,15)(H,16,17). The molecule has 6 nitrogen and oxygen atoms in total. The highest BCUT2D eigenvalue weighted by Crippen LogP contribution is 2.25. The number of rotatable bonds is 3. The third-order valence-corrected chi connectivity index (χ3v) is 2.92. The fourth-order valence-electron chi connectivity index (χ4n) is 1.28. The second-order valence-electron chi connectivity index (χ2n) is 3.36. The van der Waals surface area contributed by atoms with Crippen molar-refractivity contribution in [1.29, 1.82) is 0 Å². The van der Waals surface area contributed by atoms with E-state index in [1.54, 1.807) is 0 Å². The Morgan fingerprint density at radius 2 is 2.11 bits per heavy atom. The van der Waals surface area contributed by atoms with E-state index in [4.69, 9.17) is 5.11 Å². The number of aromatic nitrogens is 1. The Bertz CT molecular complexity index is 595. The van der Waals surface area contributed by atoms with E-state index in [0.717, 1.165) is 11.3 Å². The van der Waals surface area contributed by atoms with Gasteiger partial charge in [0.25, 0.3) is 5.91 Å². The van der Waals surface area contributed by atoms with Crippen molar-refractivity contribution in [2.24, 2.45) is 0 Å². The summed E-state index contributed by atoms with van der Waals surface area (Å²) in [6.45, 7) is 0. The van der Waals surface area contributed by atoms with Gasteiger partial charge < -0.3 is 15.5 Å². The maximum atomic E-state index is 11.7. The van der Waals surface area contributed by atoms with E-state index in [0.29, 0.717) is 4.88 Å². The molecule has 0 saturated carbocycles. The summed E-state index contributed by atoms with van der Waals surface area (Å²) >= 11 is 1.15. The number of hydrogen-bond donors (Lipinski definition) is 3. The SMILES string of the molecule is O=C(O)c1ccc(O)c(NC(=O)c2cncs2)c1. The van der Waals surface area contributed by atoms with E-state index < -0.39 is 11.9 Å². The quantitative estimate of drug-likeness (QED) is 0.734. The van der Waals surface area contributed by atoms with Crippen molar-refractivity contribution >= 4 is 28.9 Å². The number of nitrogens with zero attached hydrogens (tertiary/aromatic N) is 1. The summed E-state index contributed by atoms with van der Waals surface area (Å²) in [7, 11) is 0. The number of thiazole rings is 1. The Kier molecular flexibility index (Phi) is 3.24. The molecule has 0 aliphatic heterocycles. The van der Waals surface area contributed by atoms with Crippen LogP contribution in [0.3, 0.4) is 0 Å². The molecule has 7 heteroatoms. The highest BCUT2D eigenvalue weighted by atomic mass is 32.1. The first-order chi connectivity index (χ1) is 8.58. The molecule has 2 rings (SSSR count). The van der Waals surface area contributed by atoms with Gasteiger partial charge >= 0.3 is 5.97 Å². The lowest BCUT2D eigenvalue weighted by atomic mass is 10.2. The largest absolute Gasteiger partial charge is 0.506 e. The number of aromatic hydroxyl groups is 1. The Morgan fingerprint density at radius 3 is 2.72 bits per heavy atom. The number of aromatic carboxylic acids is 1. The smallest absolute Gasteiger partial charge is 0.335 e. The minimum absolute atomic E-state index is 0.0209. The van der Waals surface area contributed by atoms with Gasteiger partial charge in [-0.3, -0.25) is 9.78 Å². The van der Waals surface area contributed by atoms with Gasteiger partial charge in [0.15, 0.2) is 0 Å². The molecule has 0 bridgehead atoms. The van der Waals surface area contributed by atoms with Gasteiger partial charge in [-0.2, -0.15) is 0 Å². The molecule has 92 valence electrons. The monoisotopic (exact) mass is 264 g/mol. The molecule has 0 unspecified atom stereocenters. The van der Waals surface area contributed by atoms with Crippen LogP contribution in [0.4, 0.5) is 5.69 Å². The van der Waals surface area contributed by atoms with Gasteiger partial charge in [-0.1, -0.05) is 0 Å². The number of benzene rings is 1. The van der Waals surface area contributed by atoms with Gasteiger partial charge in [0.05, 0.1) is 23.0 Å². The highest BCUT2D eigenvalue weighted by Gasteiger charge is 2.12. The number of carboxylic acids is 1. The molecule has 0 atom stereocenters. The first kappa shape index (κ1) is 12.1. The van der Waals surface area contributed by atoms with E-state index >= 15 is 0 Å². The van der Waals surface area contributed by atoms with Crippen molar-refractivity contribution in [2.75, 3.05) is 5.32 Å². The lowest BCUT2D eigenvalue weighted by molar-refractivity contribution is 0.0696. The van der Waals surface area contributed by atoms with E-state index in [1.165, 1.54) is 29.9 Å². The van der Waals surface area contributed by atoms with Gasteiger partial charge in [0, 0.05) is 0 Å². The van der Waals surface area contributed by atoms with Gasteiger partial charge in [0.2, 0.25) is 0 Å². The molecule has 0 fully saturated rings. The van der Waals surface area contributed by atoms with Gasteiger partial charge in [0.1, 0.15) is 10.6 Å². The summed E-state index contributed by atoms with van der Waals surface area (Å²) in [4.78, 5) is 26.6. The zero-order valence-electron chi connectivity index (χ0n) is 8.95. The maximum absolute atomic E-state index is 11.7. The van der Waals surface area contributed by atoms with Crippen LogP contribution in [0.5, 0.6) is 5.75 Å². The van der Waals surface area contributed by atoms with E-state index in [-0.39, 0.29) is 17.0 Å². The van der Waals surface area contributed by atoms with Gasteiger partial charge in [-0.05, 0) is 18.2 Å². The average Bonchev–Trinajstić information content (AvgIpc) is 2.85. The molecule has 2 aromatic rings. The normalized spacial score (nSPS) is 10.0. The fourth-order valence-corrected chi connectivity index (χ4v) is 1.80. The van der Waals surface area contributed by atoms with Crippen LogP contribution in [0.15, 0.2) is 29.9 Å². The number of hydrogen-bond acceptors (Lipinski definition) is 5. The van der Waals surface area contributed by atoms with Crippen LogP contribution in [0.25, 0.3) is 0 Å². The topological polar surface area (TPSA) is 99.5 Å². The molecule has 1 aromatic heterocycles. The van der Waals surface area contributed by atoms with Crippen LogP contribution < -0.4 is 5.32 Å². The van der Waals surface area contributed by atoms with Crippen molar-refractivity contribution < 1.29 is 19.8 Å². The minimum Gasteiger partial charge on any atom is -0.506 e. The summed E-state index contributed by atoms with van der Waals surface area (Å²) < 4.78 is 0. The van der Waals surface area contributed by atoms with E-state index in [2.05, 4.69) is 10.3 Å². The average molecular weight is 264 g/mol. The van der Waals surface area contributed by atoms with Gasteiger partial charge in [-0.25, -0.2) is 4.79 Å². The molecule has 3 N–H and O–H groups in total. The first-order valence-corrected chi connectivity index (χ1v) is 5.72. The number of carbonyl (C=O) groups is 2. The predicted molar refractivity (Wildman–Crippen MR) is 65.1 cm³/mol. The Hall–Kier alpha value is -2.41. The lowest BCUT2D eigenvalue weighted by Crippen LogP contribution is -2.11. The number of phenols is 1. The molecule has 0 radical (unpaired) electrons. The number of phenolic OH excluding ortho intramolecular Hbond substituents is 1. The number of carbonyl (C=O) groups excluding carboxylic acids is 1. The van der Waals surface area contributed by atoms with Crippen LogP contribution in [-0.4, -0.2) is 27.1 Å². The van der Waals surface area contributed by atoms with E-state index in [1.807, 2.05) is 0 Å². The molecule has 0 aliphatic rings. The number of anilines is 1. The first-order valence-electron chi connectivity index (χ1n) is 4.84. The predicted octanol–water partition coefficient (Wildman–Crippen LogP) is 1.80. The summed E-state index contributed by atoms with van der Waals surface area (Å²) in [5, 5.41) is 20.8. The molecule has 1 amide bonds. The zero-order chi connectivity index (χ0) is 13.1. The van der Waals surface area contributed by atoms with Crippen molar-refractivity contribution in [1.82, 2.24) is 4.98 Å². The zero-order valence-corrected chi connectivity index (χ0v) is 9.77. The molecular formula is C11H8N2O4S. The third-order valence-electron chi connectivity index (χ3n) is 2.15. The van der Waals surface area contributed by atoms with Crippen molar-refractivity contribution in [3.63, 3.8) is 0 Å². The lowest BCUT2D eigenvalue weighted by Gasteiger charge is -2.06. The van der Waals surface area contributed by atoms with Crippen LogP contribution in [0, 0.1) is 0 Å². The molecule has 0 saturated heterocycles. The molecule has 1 aromatic carbocycles. The minimum atomic E-state index is -1.14. The Labute approximate surface area is 106 Å². The van der Waals surface area contributed by atoms with Crippen LogP contribution in [0.1, 0.15) is 20.0 Å². The second-order valence-corrected chi connectivity index (χ2v) is 4.24. The third kappa shape index (κ3) is 2.46. The summed E-state index contributed by atoms with van der Waals surface area (Å²) in [5.41, 5.74) is 1.53. The van der Waals surface area contributed by atoms with Crippen LogP contribution >= 0.6 is 11.3 Å². The summed E-state index contributed by atoms with van der Waals surface area (Å²) in [6, 6.07) is 3.66. The van der Waals surface area contributed by atoms with Crippen LogP contribution in [-0.2, 0) is 0 Å². The van der Waals surface area contributed by atoms with Crippen LogP contribution in [0.2, 0.25) is 0 Å². The Morgan fingerprint density at radius 1 is 1.33 bits per heavy atom. The summed E-state index contributed by atoms with van der Waals surface area (Å²) in [6.07, 6.45) is 1.39. The molecule has 0 aliphatic carbocycles. The van der Waals surface area contributed by atoms with E-state index in [9.17, 15) is 14.7 Å². The fraction of sp³-hybridized carbons (Fsp3) is 0. The van der Waals surface area contributed by atoms with Crippen molar-refractivity contribution in [2.45, 2.75) is 0 Å². The summed E-state index contributed by atoms with van der Waals surface area (Å²) in [5.74, 6) is -1.78. The van der Waals surface area contributed by atoms with Crippen molar-refractivity contribution in [3.05, 3.63) is 40.3 Å². The Balaban J connectivity index is 2.26. The molecule has 0 spiro atoms. The molecular weight excluding hydrogens is 256 g/mol. The van der Waals surface area contributed by atoms with Crippen molar-refractivity contribution in [3.8, 4) is 5.75 Å². The number of nitrogens with one attached hydrogen (secondary N) is 1. The number of carboxylic acid groups (broad SMARTS) is 1. The number of amides is 1. The maximum Gasteiger partial charge on any atom is 0.335 e.